The number of nitrogens with zero attached hydrogens (tertiary/aromatic N) is 1. The van der Waals surface area contributed by atoms with Crippen molar-refractivity contribution in [2.75, 3.05) is 39.4 Å². The summed E-state index contributed by atoms with van der Waals surface area (Å²) in [4.78, 5) is 13.4. The number of carbonyl (C=O) groups is 1. The third-order valence-corrected chi connectivity index (χ3v) is 3.14. The van der Waals surface area contributed by atoms with E-state index in [1.807, 2.05) is 43.0 Å². The molecule has 21 heavy (non-hydrogen) atoms. The van der Waals surface area contributed by atoms with E-state index < -0.39 is 0 Å². The molecule has 1 aromatic carbocycles. The van der Waals surface area contributed by atoms with Crippen LogP contribution in [0.25, 0.3) is 0 Å². The minimum absolute atomic E-state index is 0.189. The lowest BCUT2D eigenvalue weighted by Crippen LogP contribution is -2.34. The first-order chi connectivity index (χ1) is 10.2. The number of rotatable bonds is 10. The molecule has 0 atom stereocenters. The zero-order valence-electron chi connectivity index (χ0n) is 13.0. The highest BCUT2D eigenvalue weighted by Crippen LogP contribution is 2.12. The number of esters is 1. The molecular formula is C16H26N2O3. The quantitative estimate of drug-likeness (QED) is 0.662. The third kappa shape index (κ3) is 7.11. The summed E-state index contributed by atoms with van der Waals surface area (Å²) in [6.45, 7) is 7.23. The molecule has 0 radical (unpaired) electrons. The Hall–Kier alpha value is -1.59. The van der Waals surface area contributed by atoms with Crippen molar-refractivity contribution in [2.45, 2.75) is 20.3 Å². The van der Waals surface area contributed by atoms with Crippen LogP contribution in [0, 0.1) is 0 Å². The van der Waals surface area contributed by atoms with Gasteiger partial charge in [0.2, 0.25) is 0 Å². The van der Waals surface area contributed by atoms with E-state index in [1.54, 1.807) is 0 Å². The van der Waals surface area contributed by atoms with Crippen LogP contribution in [-0.4, -0.2) is 50.3 Å². The topological polar surface area (TPSA) is 64.8 Å². The molecular weight excluding hydrogens is 268 g/mol. The van der Waals surface area contributed by atoms with Gasteiger partial charge in [0, 0.05) is 6.54 Å². The van der Waals surface area contributed by atoms with Crippen molar-refractivity contribution in [3.05, 3.63) is 29.8 Å². The molecule has 0 unspecified atom stereocenters. The van der Waals surface area contributed by atoms with E-state index >= 15 is 0 Å². The Morgan fingerprint density at radius 3 is 2.52 bits per heavy atom. The van der Waals surface area contributed by atoms with Crippen molar-refractivity contribution in [3.8, 4) is 5.75 Å². The number of likely N-dealkylation sites (N-methyl/N-ethyl adjacent to an activating group) is 1. The predicted octanol–water partition coefficient (Wildman–Crippen LogP) is 1.45. The van der Waals surface area contributed by atoms with Crippen LogP contribution in [0.1, 0.15) is 19.4 Å². The highest BCUT2D eigenvalue weighted by atomic mass is 16.5. The predicted molar refractivity (Wildman–Crippen MR) is 83.4 cm³/mol. The van der Waals surface area contributed by atoms with Crippen molar-refractivity contribution in [3.63, 3.8) is 0 Å². The maximum atomic E-state index is 11.4. The largest absolute Gasteiger partial charge is 0.492 e. The Morgan fingerprint density at radius 1 is 1.24 bits per heavy atom. The maximum Gasteiger partial charge on any atom is 0.320 e. The second-order valence-corrected chi connectivity index (χ2v) is 4.70. The molecule has 0 aliphatic heterocycles. The second kappa shape index (κ2) is 10.2. The molecule has 5 nitrogen and oxygen atoms in total. The third-order valence-electron chi connectivity index (χ3n) is 3.14. The fraction of sp³-hybridized carbons (Fsp3) is 0.562. The molecule has 0 aliphatic rings. The van der Waals surface area contributed by atoms with Gasteiger partial charge in [-0.25, -0.2) is 0 Å². The fourth-order valence-electron chi connectivity index (χ4n) is 1.95. The van der Waals surface area contributed by atoms with Gasteiger partial charge in [0.25, 0.3) is 0 Å². The minimum atomic E-state index is -0.189. The molecule has 0 heterocycles. The number of hydrogen-bond acceptors (Lipinski definition) is 5. The van der Waals surface area contributed by atoms with E-state index in [0.29, 0.717) is 32.8 Å². The number of ether oxygens (including phenoxy) is 2. The normalized spacial score (nSPS) is 10.7. The smallest absolute Gasteiger partial charge is 0.320 e. The van der Waals surface area contributed by atoms with Gasteiger partial charge < -0.3 is 15.2 Å². The number of hydrogen-bond donors (Lipinski definition) is 1. The molecule has 1 rings (SSSR count). The lowest BCUT2D eigenvalue weighted by atomic mass is 10.1. The average molecular weight is 294 g/mol. The van der Waals surface area contributed by atoms with E-state index in [9.17, 15) is 4.79 Å². The van der Waals surface area contributed by atoms with Gasteiger partial charge in [-0.05, 0) is 44.1 Å². The molecule has 1 aromatic rings. The van der Waals surface area contributed by atoms with Gasteiger partial charge in [-0.1, -0.05) is 19.1 Å². The van der Waals surface area contributed by atoms with Gasteiger partial charge in [-0.15, -0.1) is 0 Å². The molecule has 118 valence electrons. The first-order valence-corrected chi connectivity index (χ1v) is 7.49. The van der Waals surface area contributed by atoms with Crippen molar-refractivity contribution in [1.29, 1.82) is 0 Å². The standard InChI is InChI=1S/C16H26N2O3/c1-3-18(13-16(19)20-4-2)11-12-21-15-7-5-14(6-8-15)9-10-17/h5-8H,3-4,9-13,17H2,1-2H3. The lowest BCUT2D eigenvalue weighted by molar-refractivity contribution is -0.144. The molecule has 0 saturated heterocycles. The zero-order chi connectivity index (χ0) is 15.5. The Bertz CT molecular complexity index is 406. The Balaban J connectivity index is 2.31. The van der Waals surface area contributed by atoms with E-state index in [0.717, 1.165) is 18.7 Å². The van der Waals surface area contributed by atoms with Gasteiger partial charge in [0.15, 0.2) is 0 Å². The summed E-state index contributed by atoms with van der Waals surface area (Å²) < 4.78 is 10.6. The van der Waals surface area contributed by atoms with Crippen LogP contribution in [0.15, 0.2) is 24.3 Å². The van der Waals surface area contributed by atoms with Crippen molar-refractivity contribution >= 4 is 5.97 Å². The van der Waals surface area contributed by atoms with E-state index in [4.69, 9.17) is 15.2 Å². The number of nitrogens with two attached hydrogens (primary N) is 1. The van der Waals surface area contributed by atoms with Crippen LogP contribution in [-0.2, 0) is 16.0 Å². The molecule has 0 fully saturated rings. The lowest BCUT2D eigenvalue weighted by Gasteiger charge is -2.19. The number of carbonyl (C=O) groups excluding carboxylic acids is 1. The molecule has 0 bridgehead atoms. The van der Waals surface area contributed by atoms with Crippen LogP contribution in [0.3, 0.4) is 0 Å². The van der Waals surface area contributed by atoms with Gasteiger partial charge in [-0.2, -0.15) is 0 Å². The minimum Gasteiger partial charge on any atom is -0.492 e. The van der Waals surface area contributed by atoms with Crippen LogP contribution in [0.4, 0.5) is 0 Å². The van der Waals surface area contributed by atoms with Gasteiger partial charge in [0.1, 0.15) is 12.4 Å². The van der Waals surface area contributed by atoms with E-state index in [1.165, 1.54) is 5.56 Å². The first kappa shape index (κ1) is 17.5. The summed E-state index contributed by atoms with van der Waals surface area (Å²) in [7, 11) is 0. The molecule has 0 aromatic heterocycles. The van der Waals surface area contributed by atoms with E-state index in [-0.39, 0.29) is 5.97 Å². The van der Waals surface area contributed by atoms with Crippen LogP contribution < -0.4 is 10.5 Å². The average Bonchev–Trinajstić information content (AvgIpc) is 2.48. The molecule has 5 heteroatoms. The van der Waals surface area contributed by atoms with Crippen LogP contribution in [0.5, 0.6) is 5.75 Å². The molecule has 0 amide bonds. The first-order valence-electron chi connectivity index (χ1n) is 7.49. The van der Waals surface area contributed by atoms with E-state index in [2.05, 4.69) is 0 Å². The van der Waals surface area contributed by atoms with Crippen molar-refractivity contribution < 1.29 is 14.3 Å². The Morgan fingerprint density at radius 2 is 1.95 bits per heavy atom. The van der Waals surface area contributed by atoms with Crippen LogP contribution >= 0.6 is 0 Å². The maximum absolute atomic E-state index is 11.4. The molecule has 0 spiro atoms. The summed E-state index contributed by atoms with van der Waals surface area (Å²) in [5, 5.41) is 0. The summed E-state index contributed by atoms with van der Waals surface area (Å²) in [5.41, 5.74) is 6.72. The Kier molecular flexibility index (Phi) is 8.47. The van der Waals surface area contributed by atoms with Crippen molar-refractivity contribution in [2.24, 2.45) is 5.73 Å². The van der Waals surface area contributed by atoms with Gasteiger partial charge >= 0.3 is 5.97 Å². The van der Waals surface area contributed by atoms with Gasteiger partial charge in [-0.3, -0.25) is 9.69 Å². The summed E-state index contributed by atoms with van der Waals surface area (Å²) in [6, 6.07) is 7.95. The monoisotopic (exact) mass is 294 g/mol. The SMILES string of the molecule is CCOC(=O)CN(CC)CCOc1ccc(CCN)cc1. The molecule has 0 saturated carbocycles. The highest BCUT2D eigenvalue weighted by Gasteiger charge is 2.09. The molecule has 0 aliphatic carbocycles. The molecule has 2 N–H and O–H groups in total. The zero-order valence-corrected chi connectivity index (χ0v) is 13.0. The van der Waals surface area contributed by atoms with Gasteiger partial charge in [0.05, 0.1) is 13.2 Å². The van der Waals surface area contributed by atoms with Crippen molar-refractivity contribution in [1.82, 2.24) is 4.90 Å². The second-order valence-electron chi connectivity index (χ2n) is 4.70. The number of benzene rings is 1. The fourth-order valence-corrected chi connectivity index (χ4v) is 1.95. The summed E-state index contributed by atoms with van der Waals surface area (Å²) in [6.07, 6.45) is 0.878. The van der Waals surface area contributed by atoms with Crippen LogP contribution in [0.2, 0.25) is 0 Å². The summed E-state index contributed by atoms with van der Waals surface area (Å²) in [5.74, 6) is 0.647. The summed E-state index contributed by atoms with van der Waals surface area (Å²) >= 11 is 0. The Labute approximate surface area is 127 Å². The highest BCUT2D eigenvalue weighted by molar-refractivity contribution is 5.71.